The van der Waals surface area contributed by atoms with Crippen molar-refractivity contribution in [2.45, 2.75) is 10.6 Å². The van der Waals surface area contributed by atoms with Gasteiger partial charge in [-0.15, -0.1) is 0 Å². The van der Waals surface area contributed by atoms with Crippen molar-refractivity contribution in [1.82, 2.24) is 4.90 Å². The van der Waals surface area contributed by atoms with Crippen LogP contribution in [0.2, 0.25) is 5.02 Å². The van der Waals surface area contributed by atoms with Crippen LogP contribution in [0.15, 0.2) is 70.2 Å². The van der Waals surface area contributed by atoms with E-state index >= 15 is 0 Å². The molecule has 0 radical (unpaired) electrons. The molecule has 0 aliphatic carbocycles. The summed E-state index contributed by atoms with van der Waals surface area (Å²) in [5, 5.41) is 2.81. The topological polar surface area (TPSA) is 96.7 Å². The Kier molecular flexibility index (Phi) is 6.28. The highest BCUT2D eigenvalue weighted by atomic mass is 35.5. The second-order valence-electron chi connectivity index (χ2n) is 6.70. The van der Waals surface area contributed by atoms with Crippen molar-refractivity contribution < 1.29 is 22.4 Å². The SMILES string of the molecule is CN(C)C(=O)c1ccc(Cl)c(NC(=O)c2occc2CS(=O)(=O)c2ccccc2)c1. The minimum absolute atomic E-state index is 0.144. The summed E-state index contributed by atoms with van der Waals surface area (Å²) in [4.78, 5) is 26.4. The Morgan fingerprint density at radius 3 is 2.43 bits per heavy atom. The van der Waals surface area contributed by atoms with E-state index in [4.69, 9.17) is 16.0 Å². The van der Waals surface area contributed by atoms with Crippen LogP contribution < -0.4 is 5.32 Å². The van der Waals surface area contributed by atoms with Crippen molar-refractivity contribution in [3.05, 3.63) is 82.8 Å². The number of amides is 2. The molecule has 1 N–H and O–H groups in total. The first kappa shape index (κ1) is 21.6. The van der Waals surface area contributed by atoms with E-state index in [1.54, 1.807) is 38.4 Å². The molecule has 7 nitrogen and oxygen atoms in total. The summed E-state index contributed by atoms with van der Waals surface area (Å²) < 4.78 is 30.5. The summed E-state index contributed by atoms with van der Waals surface area (Å²) in [6.45, 7) is 0. The molecule has 2 amide bonds. The molecule has 9 heteroatoms. The summed E-state index contributed by atoms with van der Waals surface area (Å²) in [6, 6.07) is 13.9. The highest BCUT2D eigenvalue weighted by Crippen LogP contribution is 2.26. The molecule has 0 spiro atoms. The summed E-state index contributed by atoms with van der Waals surface area (Å²) >= 11 is 6.15. The lowest BCUT2D eigenvalue weighted by molar-refractivity contribution is 0.0827. The van der Waals surface area contributed by atoms with Crippen molar-refractivity contribution in [2.24, 2.45) is 0 Å². The van der Waals surface area contributed by atoms with Crippen molar-refractivity contribution in [2.75, 3.05) is 19.4 Å². The van der Waals surface area contributed by atoms with Crippen molar-refractivity contribution in [3.63, 3.8) is 0 Å². The Balaban J connectivity index is 1.84. The van der Waals surface area contributed by atoms with Crippen LogP contribution in [-0.4, -0.2) is 39.2 Å². The lowest BCUT2D eigenvalue weighted by atomic mass is 10.1. The van der Waals surface area contributed by atoms with Crippen molar-refractivity contribution in [1.29, 1.82) is 0 Å². The van der Waals surface area contributed by atoms with E-state index in [9.17, 15) is 18.0 Å². The van der Waals surface area contributed by atoms with E-state index in [2.05, 4.69) is 5.32 Å². The number of benzene rings is 2. The highest BCUT2D eigenvalue weighted by molar-refractivity contribution is 7.90. The number of hydrogen-bond donors (Lipinski definition) is 1. The van der Waals surface area contributed by atoms with E-state index in [1.807, 2.05) is 0 Å². The normalized spacial score (nSPS) is 11.2. The van der Waals surface area contributed by atoms with E-state index in [-0.39, 0.29) is 32.8 Å². The standard InChI is InChI=1S/C21H19ClN2O5S/c1-24(2)21(26)14-8-9-17(22)18(12-14)23-20(25)19-15(10-11-29-19)13-30(27,28)16-6-4-3-5-7-16/h3-12H,13H2,1-2H3,(H,23,25). The Morgan fingerprint density at radius 1 is 1.07 bits per heavy atom. The van der Waals surface area contributed by atoms with Crippen LogP contribution in [-0.2, 0) is 15.6 Å². The molecule has 2 aromatic carbocycles. The zero-order chi connectivity index (χ0) is 21.9. The molecule has 0 unspecified atom stereocenters. The average molecular weight is 447 g/mol. The van der Waals surface area contributed by atoms with Gasteiger partial charge in [-0.05, 0) is 36.4 Å². The lowest BCUT2D eigenvalue weighted by Crippen LogP contribution is -2.22. The van der Waals surface area contributed by atoms with E-state index in [1.165, 1.54) is 41.5 Å². The largest absolute Gasteiger partial charge is 0.459 e. The zero-order valence-electron chi connectivity index (χ0n) is 16.3. The first-order chi connectivity index (χ1) is 14.2. The maximum absolute atomic E-state index is 12.7. The molecule has 1 heterocycles. The molecular formula is C21H19ClN2O5S. The van der Waals surface area contributed by atoms with Gasteiger partial charge in [0.1, 0.15) is 0 Å². The lowest BCUT2D eigenvalue weighted by Gasteiger charge is -2.13. The minimum Gasteiger partial charge on any atom is -0.459 e. The number of nitrogens with one attached hydrogen (secondary N) is 1. The third-order valence-corrected chi connectivity index (χ3v) is 6.28. The Bertz CT molecular complexity index is 1190. The molecule has 0 saturated carbocycles. The molecule has 156 valence electrons. The van der Waals surface area contributed by atoms with Gasteiger partial charge in [0.15, 0.2) is 15.6 Å². The van der Waals surface area contributed by atoms with Gasteiger partial charge in [0, 0.05) is 25.2 Å². The maximum atomic E-state index is 12.7. The van der Waals surface area contributed by atoms with Gasteiger partial charge < -0.3 is 14.6 Å². The van der Waals surface area contributed by atoms with Crippen LogP contribution in [0.4, 0.5) is 5.69 Å². The average Bonchev–Trinajstić information content (AvgIpc) is 3.17. The zero-order valence-corrected chi connectivity index (χ0v) is 17.8. The molecule has 30 heavy (non-hydrogen) atoms. The number of nitrogens with zero attached hydrogens (tertiary/aromatic N) is 1. The number of rotatable bonds is 6. The monoisotopic (exact) mass is 446 g/mol. The predicted octanol–water partition coefficient (Wildman–Crippen LogP) is 3.86. The smallest absolute Gasteiger partial charge is 0.291 e. The number of anilines is 1. The second kappa shape index (κ2) is 8.73. The maximum Gasteiger partial charge on any atom is 0.291 e. The Hall–Kier alpha value is -3.10. The minimum atomic E-state index is -3.66. The number of carbonyl (C=O) groups excluding carboxylic acids is 2. The van der Waals surface area contributed by atoms with Crippen LogP contribution in [0.5, 0.6) is 0 Å². The van der Waals surface area contributed by atoms with Gasteiger partial charge in [0.05, 0.1) is 27.6 Å². The van der Waals surface area contributed by atoms with Crippen LogP contribution in [0.25, 0.3) is 0 Å². The van der Waals surface area contributed by atoms with Crippen LogP contribution in [0, 0.1) is 0 Å². The van der Waals surface area contributed by atoms with Gasteiger partial charge in [-0.2, -0.15) is 0 Å². The number of carbonyl (C=O) groups is 2. The molecule has 0 aliphatic rings. The molecule has 0 fully saturated rings. The van der Waals surface area contributed by atoms with Crippen molar-refractivity contribution >= 4 is 38.9 Å². The Labute approximate surface area is 179 Å². The fourth-order valence-electron chi connectivity index (χ4n) is 2.76. The molecular weight excluding hydrogens is 428 g/mol. The molecule has 3 rings (SSSR count). The third-order valence-electron chi connectivity index (χ3n) is 4.27. The van der Waals surface area contributed by atoms with E-state index < -0.39 is 21.5 Å². The fourth-order valence-corrected chi connectivity index (χ4v) is 4.30. The van der Waals surface area contributed by atoms with Crippen LogP contribution in [0.1, 0.15) is 26.5 Å². The highest BCUT2D eigenvalue weighted by Gasteiger charge is 2.23. The van der Waals surface area contributed by atoms with Gasteiger partial charge in [-0.25, -0.2) is 8.42 Å². The molecule has 0 saturated heterocycles. The summed E-state index contributed by atoms with van der Waals surface area (Å²) in [5.74, 6) is -1.47. The van der Waals surface area contributed by atoms with E-state index in [0.717, 1.165) is 0 Å². The molecule has 0 aliphatic heterocycles. The molecule has 0 atom stereocenters. The van der Waals surface area contributed by atoms with E-state index in [0.29, 0.717) is 5.56 Å². The summed E-state index contributed by atoms with van der Waals surface area (Å²) in [6.07, 6.45) is 1.25. The molecule has 0 bridgehead atoms. The Morgan fingerprint density at radius 2 is 1.77 bits per heavy atom. The quantitative estimate of drug-likeness (QED) is 0.620. The first-order valence-corrected chi connectivity index (χ1v) is 10.9. The van der Waals surface area contributed by atoms with Gasteiger partial charge >= 0.3 is 0 Å². The molecule has 1 aromatic heterocycles. The van der Waals surface area contributed by atoms with Crippen molar-refractivity contribution in [3.8, 4) is 0 Å². The molecule has 3 aromatic rings. The van der Waals surface area contributed by atoms with Crippen LogP contribution >= 0.6 is 11.6 Å². The number of hydrogen-bond acceptors (Lipinski definition) is 5. The van der Waals surface area contributed by atoms with Gasteiger partial charge in [-0.1, -0.05) is 29.8 Å². The van der Waals surface area contributed by atoms with Gasteiger partial charge in [0.2, 0.25) is 0 Å². The van der Waals surface area contributed by atoms with Gasteiger partial charge in [0.25, 0.3) is 11.8 Å². The predicted molar refractivity (Wildman–Crippen MR) is 113 cm³/mol. The van der Waals surface area contributed by atoms with Gasteiger partial charge in [-0.3, -0.25) is 9.59 Å². The van der Waals surface area contributed by atoms with Crippen LogP contribution in [0.3, 0.4) is 0 Å². The second-order valence-corrected chi connectivity index (χ2v) is 9.09. The number of sulfone groups is 1. The number of halogens is 1. The summed E-state index contributed by atoms with van der Waals surface area (Å²) in [5.41, 5.74) is 0.765. The first-order valence-electron chi connectivity index (χ1n) is 8.86. The summed E-state index contributed by atoms with van der Waals surface area (Å²) in [7, 11) is -0.447. The number of furan rings is 1. The fraction of sp³-hybridized carbons (Fsp3) is 0.143. The third kappa shape index (κ3) is 4.72.